The summed E-state index contributed by atoms with van der Waals surface area (Å²) in [4.78, 5) is 14.6. The molecule has 1 N–H and O–H groups in total. The van der Waals surface area contributed by atoms with Crippen molar-refractivity contribution in [3.8, 4) is 0 Å². The number of carbonyl (C=O) groups is 1. The summed E-state index contributed by atoms with van der Waals surface area (Å²) in [6, 6.07) is 18.3. The van der Waals surface area contributed by atoms with Gasteiger partial charge >= 0.3 is 0 Å². The van der Waals surface area contributed by atoms with E-state index in [4.69, 9.17) is 0 Å². The second kappa shape index (κ2) is 9.71. The van der Waals surface area contributed by atoms with Crippen LogP contribution in [0.15, 0.2) is 58.9 Å². The topological polar surface area (TPSA) is 58.1 Å². The third kappa shape index (κ3) is 5.81. The quantitative estimate of drug-likeness (QED) is 0.521. The molecule has 1 aromatic heterocycles. The Morgan fingerprint density at radius 1 is 1.11 bits per heavy atom. The van der Waals surface area contributed by atoms with E-state index < -0.39 is 0 Å². The van der Waals surface area contributed by atoms with Gasteiger partial charge in [0.15, 0.2) is 4.34 Å². The molecule has 7 heteroatoms. The fraction of sp³-hybridized carbons (Fsp3) is 0.286. The summed E-state index contributed by atoms with van der Waals surface area (Å²) in [6.45, 7) is 6.76. The normalized spacial score (nSPS) is 10.9. The highest BCUT2D eigenvalue weighted by Gasteiger charge is 2.18. The Morgan fingerprint density at radius 2 is 1.82 bits per heavy atom. The Hall–Kier alpha value is -2.38. The summed E-state index contributed by atoms with van der Waals surface area (Å²) in [5.74, 6) is 0.455. The molecule has 1 amide bonds. The van der Waals surface area contributed by atoms with Crippen molar-refractivity contribution in [2.24, 2.45) is 0 Å². The minimum atomic E-state index is 0.104. The number of aromatic nitrogens is 2. The van der Waals surface area contributed by atoms with E-state index in [9.17, 15) is 4.79 Å². The van der Waals surface area contributed by atoms with Gasteiger partial charge in [-0.1, -0.05) is 71.1 Å². The van der Waals surface area contributed by atoms with Gasteiger partial charge in [0.25, 0.3) is 0 Å². The molecule has 0 aliphatic carbocycles. The van der Waals surface area contributed by atoms with Crippen molar-refractivity contribution < 1.29 is 4.79 Å². The Morgan fingerprint density at radius 3 is 2.50 bits per heavy atom. The molecule has 0 spiro atoms. The van der Waals surface area contributed by atoms with E-state index in [1.165, 1.54) is 28.7 Å². The number of thioether (sulfide) groups is 1. The summed E-state index contributed by atoms with van der Waals surface area (Å²) >= 11 is 2.89. The Kier molecular flexibility index (Phi) is 7.06. The molecule has 1 heterocycles. The van der Waals surface area contributed by atoms with Crippen molar-refractivity contribution in [1.29, 1.82) is 0 Å². The molecular formula is C21H24N4OS2. The number of aryl methyl sites for hydroxylation is 1. The molecule has 0 bridgehead atoms. The molecule has 0 atom stereocenters. The SMILES string of the molecule is Cc1ccc(Nc2nnc(SCC(=O)N(Cc3ccccc3)C(C)C)s2)cc1. The van der Waals surface area contributed by atoms with Gasteiger partial charge in [-0.05, 0) is 38.5 Å². The largest absolute Gasteiger partial charge is 0.335 e. The van der Waals surface area contributed by atoms with Crippen LogP contribution in [0.25, 0.3) is 0 Å². The Balaban J connectivity index is 1.56. The van der Waals surface area contributed by atoms with E-state index >= 15 is 0 Å². The molecule has 0 unspecified atom stereocenters. The van der Waals surface area contributed by atoms with Gasteiger partial charge in [-0.3, -0.25) is 4.79 Å². The number of amides is 1. The lowest BCUT2D eigenvalue weighted by Crippen LogP contribution is -2.37. The van der Waals surface area contributed by atoms with Crippen molar-refractivity contribution in [3.63, 3.8) is 0 Å². The Labute approximate surface area is 174 Å². The zero-order valence-electron chi connectivity index (χ0n) is 16.3. The van der Waals surface area contributed by atoms with E-state index in [1.54, 1.807) is 0 Å². The number of hydrogen-bond acceptors (Lipinski definition) is 6. The number of anilines is 2. The predicted molar refractivity (Wildman–Crippen MR) is 117 cm³/mol. The highest BCUT2D eigenvalue weighted by molar-refractivity contribution is 8.01. The number of rotatable bonds is 8. The van der Waals surface area contributed by atoms with Crippen LogP contribution in [0.3, 0.4) is 0 Å². The van der Waals surface area contributed by atoms with Crippen LogP contribution in [0.1, 0.15) is 25.0 Å². The third-order valence-electron chi connectivity index (χ3n) is 4.17. The minimum absolute atomic E-state index is 0.104. The smallest absolute Gasteiger partial charge is 0.233 e. The summed E-state index contributed by atoms with van der Waals surface area (Å²) in [7, 11) is 0. The lowest BCUT2D eigenvalue weighted by Gasteiger charge is -2.26. The first-order valence-electron chi connectivity index (χ1n) is 9.14. The fourth-order valence-electron chi connectivity index (χ4n) is 2.62. The van der Waals surface area contributed by atoms with Crippen LogP contribution in [0.2, 0.25) is 0 Å². The second-order valence-corrected chi connectivity index (χ2v) is 8.95. The van der Waals surface area contributed by atoms with Crippen molar-refractivity contribution in [2.75, 3.05) is 11.1 Å². The van der Waals surface area contributed by atoms with Crippen LogP contribution in [0.5, 0.6) is 0 Å². The van der Waals surface area contributed by atoms with Gasteiger partial charge in [0.1, 0.15) is 0 Å². The van der Waals surface area contributed by atoms with E-state index in [2.05, 4.69) is 22.4 Å². The monoisotopic (exact) mass is 412 g/mol. The van der Waals surface area contributed by atoms with Crippen LogP contribution in [0.4, 0.5) is 10.8 Å². The standard InChI is InChI=1S/C21H24N4OS2/c1-15(2)25(13-17-7-5-4-6-8-17)19(26)14-27-21-24-23-20(28-21)22-18-11-9-16(3)10-12-18/h4-12,15H,13-14H2,1-3H3,(H,22,23). The first kappa shape index (κ1) is 20.4. The van der Waals surface area contributed by atoms with E-state index in [0.29, 0.717) is 12.3 Å². The van der Waals surface area contributed by atoms with Crippen LogP contribution in [0, 0.1) is 6.92 Å². The van der Waals surface area contributed by atoms with Crippen molar-refractivity contribution in [2.45, 2.75) is 37.7 Å². The molecule has 0 saturated heterocycles. The Bertz CT molecular complexity index is 894. The molecule has 146 valence electrons. The van der Waals surface area contributed by atoms with Gasteiger partial charge in [0.05, 0.1) is 5.75 Å². The molecular weight excluding hydrogens is 388 g/mol. The zero-order valence-corrected chi connectivity index (χ0v) is 17.9. The van der Waals surface area contributed by atoms with Gasteiger partial charge < -0.3 is 10.2 Å². The van der Waals surface area contributed by atoms with E-state index in [-0.39, 0.29) is 11.9 Å². The molecule has 5 nitrogen and oxygen atoms in total. The van der Waals surface area contributed by atoms with E-state index in [0.717, 1.165) is 20.7 Å². The van der Waals surface area contributed by atoms with Crippen LogP contribution >= 0.6 is 23.1 Å². The lowest BCUT2D eigenvalue weighted by atomic mass is 10.2. The molecule has 0 aliphatic heterocycles. The maximum Gasteiger partial charge on any atom is 0.233 e. The average Bonchev–Trinajstić information content (AvgIpc) is 3.14. The van der Waals surface area contributed by atoms with Gasteiger partial charge in [-0.15, -0.1) is 10.2 Å². The van der Waals surface area contributed by atoms with Gasteiger partial charge in [0.2, 0.25) is 11.0 Å². The molecule has 2 aromatic carbocycles. The molecule has 28 heavy (non-hydrogen) atoms. The number of benzene rings is 2. The summed E-state index contributed by atoms with van der Waals surface area (Å²) in [5, 5.41) is 12.3. The number of hydrogen-bond donors (Lipinski definition) is 1. The molecule has 0 fully saturated rings. The van der Waals surface area contributed by atoms with Crippen LogP contribution in [-0.4, -0.2) is 32.8 Å². The third-order valence-corrected chi connectivity index (χ3v) is 6.12. The first-order chi connectivity index (χ1) is 13.5. The summed E-state index contributed by atoms with van der Waals surface area (Å²) in [5.41, 5.74) is 3.32. The summed E-state index contributed by atoms with van der Waals surface area (Å²) < 4.78 is 0.784. The van der Waals surface area contributed by atoms with Crippen molar-refractivity contribution in [3.05, 3.63) is 65.7 Å². The predicted octanol–water partition coefficient (Wildman–Crippen LogP) is 5.12. The minimum Gasteiger partial charge on any atom is -0.335 e. The molecule has 3 rings (SSSR count). The maximum absolute atomic E-state index is 12.7. The number of nitrogens with zero attached hydrogens (tertiary/aromatic N) is 3. The highest BCUT2D eigenvalue weighted by Crippen LogP contribution is 2.28. The molecule has 0 radical (unpaired) electrons. The van der Waals surface area contributed by atoms with Gasteiger partial charge in [-0.2, -0.15) is 0 Å². The van der Waals surface area contributed by atoms with Crippen molar-refractivity contribution in [1.82, 2.24) is 15.1 Å². The summed E-state index contributed by atoms with van der Waals surface area (Å²) in [6.07, 6.45) is 0. The van der Waals surface area contributed by atoms with Gasteiger partial charge in [-0.25, -0.2) is 0 Å². The van der Waals surface area contributed by atoms with Crippen LogP contribution < -0.4 is 5.32 Å². The van der Waals surface area contributed by atoms with Crippen LogP contribution in [-0.2, 0) is 11.3 Å². The fourth-order valence-corrected chi connectivity index (χ4v) is 4.28. The van der Waals surface area contributed by atoms with Gasteiger partial charge in [0, 0.05) is 18.3 Å². The highest BCUT2D eigenvalue weighted by atomic mass is 32.2. The average molecular weight is 413 g/mol. The van der Waals surface area contributed by atoms with E-state index in [1.807, 2.05) is 73.3 Å². The number of carbonyl (C=O) groups excluding carboxylic acids is 1. The number of nitrogens with one attached hydrogen (secondary N) is 1. The molecule has 0 saturated carbocycles. The molecule has 0 aliphatic rings. The lowest BCUT2D eigenvalue weighted by molar-refractivity contribution is -0.130. The first-order valence-corrected chi connectivity index (χ1v) is 10.9. The zero-order chi connectivity index (χ0) is 19.9. The van der Waals surface area contributed by atoms with Crippen molar-refractivity contribution >= 4 is 39.8 Å². The maximum atomic E-state index is 12.7. The second-order valence-electron chi connectivity index (χ2n) is 6.75. The molecule has 3 aromatic rings.